The van der Waals surface area contributed by atoms with Crippen molar-refractivity contribution >= 4 is 5.97 Å². The molecular formula is C35H62O3. The maximum absolute atomic E-state index is 11.6. The van der Waals surface area contributed by atoms with E-state index in [9.17, 15) is 4.79 Å². The van der Waals surface area contributed by atoms with Crippen LogP contribution in [-0.4, -0.2) is 24.3 Å². The van der Waals surface area contributed by atoms with Crippen LogP contribution in [0.5, 0.6) is 0 Å². The second kappa shape index (κ2) is 22.7. The number of hydrogen-bond donors (Lipinski definition) is 0. The van der Waals surface area contributed by atoms with Crippen molar-refractivity contribution in [2.24, 2.45) is 0 Å². The number of allylic oxidation sites excluding steroid dienone is 2. The molecule has 0 saturated carbocycles. The van der Waals surface area contributed by atoms with Crippen LogP contribution in [0.15, 0.2) is 23.8 Å². The number of rotatable bonds is 27. The van der Waals surface area contributed by atoms with Gasteiger partial charge in [0.1, 0.15) is 6.10 Å². The molecule has 3 nitrogen and oxygen atoms in total. The van der Waals surface area contributed by atoms with E-state index in [4.69, 9.17) is 9.47 Å². The van der Waals surface area contributed by atoms with Gasteiger partial charge in [-0.25, -0.2) is 4.79 Å². The molecule has 2 heterocycles. The topological polar surface area (TPSA) is 38.8 Å². The van der Waals surface area contributed by atoms with Crippen LogP contribution in [-0.2, 0) is 14.3 Å². The number of ether oxygens (including phenoxy) is 2. The molecule has 0 radical (unpaired) electrons. The normalized spacial score (nSPS) is 20.8. The molecule has 0 bridgehead atoms. The Morgan fingerprint density at radius 1 is 0.632 bits per heavy atom. The molecule has 0 aromatic rings. The molecule has 3 unspecified atom stereocenters. The minimum Gasteiger partial charge on any atom is -0.455 e. The van der Waals surface area contributed by atoms with Crippen LogP contribution < -0.4 is 0 Å². The van der Waals surface area contributed by atoms with E-state index in [0.717, 1.165) is 18.4 Å². The Hall–Kier alpha value is -1.09. The molecule has 38 heavy (non-hydrogen) atoms. The Balaban J connectivity index is 1.23. The SMILES string of the molecule is CCCCCCCCCCCCCCC1OC1CCC=CCCCCCCCCCCC1=CC(C)OC1=O. The van der Waals surface area contributed by atoms with Gasteiger partial charge in [-0.3, -0.25) is 0 Å². The van der Waals surface area contributed by atoms with Crippen molar-refractivity contribution in [1.82, 2.24) is 0 Å². The summed E-state index contributed by atoms with van der Waals surface area (Å²) in [5, 5.41) is 0. The van der Waals surface area contributed by atoms with Crippen LogP contribution in [0.2, 0.25) is 0 Å². The van der Waals surface area contributed by atoms with E-state index >= 15 is 0 Å². The number of hydrogen-bond acceptors (Lipinski definition) is 3. The van der Waals surface area contributed by atoms with E-state index < -0.39 is 0 Å². The third-order valence-corrected chi connectivity index (χ3v) is 8.37. The summed E-state index contributed by atoms with van der Waals surface area (Å²) >= 11 is 0. The van der Waals surface area contributed by atoms with Crippen molar-refractivity contribution < 1.29 is 14.3 Å². The first-order valence-corrected chi connectivity index (χ1v) is 16.9. The lowest BCUT2D eigenvalue weighted by Crippen LogP contribution is -2.03. The molecule has 0 amide bonds. The van der Waals surface area contributed by atoms with Crippen molar-refractivity contribution in [3.05, 3.63) is 23.8 Å². The minimum atomic E-state index is -0.0957. The summed E-state index contributed by atoms with van der Waals surface area (Å²) in [6.45, 7) is 4.22. The monoisotopic (exact) mass is 530 g/mol. The Kier molecular flexibility index (Phi) is 19.8. The lowest BCUT2D eigenvalue weighted by atomic mass is 10.0. The van der Waals surface area contributed by atoms with Crippen molar-refractivity contribution in [2.45, 2.75) is 193 Å². The van der Waals surface area contributed by atoms with Crippen molar-refractivity contribution in [2.75, 3.05) is 0 Å². The van der Waals surface area contributed by atoms with Gasteiger partial charge in [-0.05, 0) is 57.9 Å². The van der Waals surface area contributed by atoms with Crippen LogP contribution >= 0.6 is 0 Å². The minimum absolute atomic E-state index is 0.0225. The lowest BCUT2D eigenvalue weighted by molar-refractivity contribution is -0.139. The third kappa shape index (κ3) is 17.5. The molecule has 1 saturated heterocycles. The molecule has 220 valence electrons. The Morgan fingerprint density at radius 3 is 1.71 bits per heavy atom. The maximum atomic E-state index is 11.6. The number of cyclic esters (lactones) is 1. The predicted octanol–water partition coefficient (Wildman–Crippen LogP) is 11.0. The highest BCUT2D eigenvalue weighted by Gasteiger charge is 2.36. The van der Waals surface area contributed by atoms with Crippen molar-refractivity contribution in [1.29, 1.82) is 0 Å². The number of unbranched alkanes of at least 4 members (excludes halogenated alkanes) is 19. The van der Waals surface area contributed by atoms with E-state index in [-0.39, 0.29) is 12.1 Å². The highest BCUT2D eigenvalue weighted by molar-refractivity contribution is 5.90. The summed E-state index contributed by atoms with van der Waals surface area (Å²) in [5.41, 5.74) is 0.893. The van der Waals surface area contributed by atoms with Gasteiger partial charge in [-0.1, -0.05) is 135 Å². The fraction of sp³-hybridized carbons (Fsp3) is 0.857. The van der Waals surface area contributed by atoms with E-state index in [0.29, 0.717) is 12.2 Å². The summed E-state index contributed by atoms with van der Waals surface area (Å²) in [6.07, 6.45) is 41.2. The number of carbonyl (C=O) groups excluding carboxylic acids is 1. The molecule has 0 N–H and O–H groups in total. The van der Waals surface area contributed by atoms with Gasteiger partial charge in [0, 0.05) is 5.57 Å². The molecule has 3 heteroatoms. The summed E-state index contributed by atoms with van der Waals surface area (Å²) < 4.78 is 11.1. The molecule has 1 fully saturated rings. The smallest absolute Gasteiger partial charge is 0.334 e. The highest BCUT2D eigenvalue weighted by atomic mass is 16.6. The number of esters is 1. The molecule has 0 aliphatic carbocycles. The average Bonchev–Trinajstić information content (AvgIpc) is 3.58. The van der Waals surface area contributed by atoms with Crippen LogP contribution in [0, 0.1) is 0 Å². The largest absolute Gasteiger partial charge is 0.455 e. The molecular weight excluding hydrogens is 468 g/mol. The molecule has 0 aromatic carbocycles. The molecule has 2 aliphatic heterocycles. The average molecular weight is 531 g/mol. The molecule has 0 spiro atoms. The lowest BCUT2D eigenvalue weighted by Gasteiger charge is -2.02. The second-order valence-corrected chi connectivity index (χ2v) is 12.1. The summed E-state index contributed by atoms with van der Waals surface area (Å²) in [7, 11) is 0. The van der Waals surface area contributed by atoms with Gasteiger partial charge in [-0.2, -0.15) is 0 Å². The molecule has 0 aromatic heterocycles. The predicted molar refractivity (Wildman–Crippen MR) is 163 cm³/mol. The van der Waals surface area contributed by atoms with E-state index in [2.05, 4.69) is 19.1 Å². The molecule has 3 atom stereocenters. The summed E-state index contributed by atoms with van der Waals surface area (Å²) in [4.78, 5) is 11.6. The first-order chi connectivity index (χ1) is 18.7. The van der Waals surface area contributed by atoms with Crippen LogP contribution in [0.4, 0.5) is 0 Å². The summed E-state index contributed by atoms with van der Waals surface area (Å²) in [6, 6.07) is 0. The zero-order valence-electron chi connectivity index (χ0n) is 25.4. The Morgan fingerprint density at radius 2 is 1.13 bits per heavy atom. The van der Waals surface area contributed by atoms with Crippen molar-refractivity contribution in [3.8, 4) is 0 Å². The van der Waals surface area contributed by atoms with Gasteiger partial charge < -0.3 is 9.47 Å². The summed E-state index contributed by atoms with van der Waals surface area (Å²) in [5.74, 6) is -0.0957. The quantitative estimate of drug-likeness (QED) is 0.0459. The number of epoxide rings is 1. The zero-order valence-corrected chi connectivity index (χ0v) is 25.4. The van der Waals surface area contributed by atoms with Gasteiger partial charge in [-0.15, -0.1) is 0 Å². The first-order valence-electron chi connectivity index (χ1n) is 16.9. The van der Waals surface area contributed by atoms with E-state index in [1.165, 1.54) is 148 Å². The zero-order chi connectivity index (χ0) is 27.1. The first kappa shape index (κ1) is 33.1. The van der Waals surface area contributed by atoms with Crippen LogP contribution in [0.3, 0.4) is 0 Å². The second-order valence-electron chi connectivity index (χ2n) is 12.1. The van der Waals surface area contributed by atoms with Crippen LogP contribution in [0.1, 0.15) is 174 Å². The standard InChI is InChI=1S/C35H62O3/c1-3-4-5-6-7-8-9-13-16-19-22-25-28-33-34(38-33)29-26-23-20-17-14-11-10-12-15-18-21-24-27-32-30-31(2)37-35(32)36/h20,23,30-31,33-34H,3-19,21-22,24-29H2,1-2H3. The van der Waals surface area contributed by atoms with Crippen LogP contribution in [0.25, 0.3) is 0 Å². The fourth-order valence-corrected chi connectivity index (χ4v) is 5.82. The van der Waals surface area contributed by atoms with Gasteiger partial charge >= 0.3 is 5.97 Å². The molecule has 2 aliphatic rings. The highest BCUT2D eigenvalue weighted by Crippen LogP contribution is 2.31. The Labute approximate surface area is 236 Å². The van der Waals surface area contributed by atoms with E-state index in [1.807, 2.05) is 13.0 Å². The maximum Gasteiger partial charge on any atom is 0.334 e. The van der Waals surface area contributed by atoms with Gasteiger partial charge in [0.2, 0.25) is 0 Å². The van der Waals surface area contributed by atoms with Gasteiger partial charge in [0.25, 0.3) is 0 Å². The third-order valence-electron chi connectivity index (χ3n) is 8.37. The van der Waals surface area contributed by atoms with Crippen molar-refractivity contribution in [3.63, 3.8) is 0 Å². The Bertz CT molecular complexity index is 637. The number of carbonyl (C=O) groups is 1. The van der Waals surface area contributed by atoms with Gasteiger partial charge in [0.05, 0.1) is 12.2 Å². The fourth-order valence-electron chi connectivity index (χ4n) is 5.82. The van der Waals surface area contributed by atoms with E-state index in [1.54, 1.807) is 0 Å². The van der Waals surface area contributed by atoms with Gasteiger partial charge in [0.15, 0.2) is 0 Å². The molecule has 2 rings (SSSR count).